The van der Waals surface area contributed by atoms with E-state index in [-0.39, 0.29) is 29.6 Å². The van der Waals surface area contributed by atoms with Gasteiger partial charge in [-0.15, -0.1) is 12.4 Å². The second-order valence-electron chi connectivity index (χ2n) is 7.47. The van der Waals surface area contributed by atoms with E-state index in [2.05, 4.69) is 17.4 Å². The lowest BCUT2D eigenvalue weighted by molar-refractivity contribution is -0.0500. The molecule has 0 bridgehead atoms. The summed E-state index contributed by atoms with van der Waals surface area (Å²) in [5.74, 6) is -0.257. The zero-order valence-corrected chi connectivity index (χ0v) is 18.2. The van der Waals surface area contributed by atoms with E-state index in [9.17, 15) is 9.18 Å². The molecule has 1 N–H and O–H groups in total. The van der Waals surface area contributed by atoms with E-state index in [0.29, 0.717) is 18.0 Å². The van der Waals surface area contributed by atoms with Crippen LogP contribution in [0.4, 0.5) is 4.39 Å². The van der Waals surface area contributed by atoms with E-state index < -0.39 is 0 Å². The number of hydrogen-bond donors (Lipinski definition) is 1. The molecule has 0 radical (unpaired) electrons. The van der Waals surface area contributed by atoms with Crippen molar-refractivity contribution in [3.05, 3.63) is 70.5 Å². The maximum Gasteiger partial charge on any atom is 0.162 e. The standard InChI is InChI=1S/C23H27ClFNO2.ClH/c1-28-23(18-6-8-19(24)9-7-18)14-12-21(13-15-23)26-16-2-3-22(27)17-4-10-20(25)11-5-17;/h4-11,21,26H,2-3,12-16H2,1H3;1H. The molecule has 1 aliphatic carbocycles. The highest BCUT2D eigenvalue weighted by Gasteiger charge is 2.36. The molecule has 1 saturated carbocycles. The first-order chi connectivity index (χ1) is 13.5. The van der Waals surface area contributed by atoms with Crippen LogP contribution in [0, 0.1) is 5.82 Å². The molecule has 0 unspecified atom stereocenters. The molecule has 3 rings (SSSR count). The topological polar surface area (TPSA) is 38.3 Å². The fourth-order valence-corrected chi connectivity index (χ4v) is 4.11. The molecule has 2 aromatic carbocycles. The summed E-state index contributed by atoms with van der Waals surface area (Å²) in [6, 6.07) is 14.1. The molecule has 158 valence electrons. The van der Waals surface area contributed by atoms with Gasteiger partial charge in [0.25, 0.3) is 0 Å². The SMILES string of the molecule is COC1(c2ccc(Cl)cc2)CCC(NCCCC(=O)c2ccc(F)cc2)CC1.Cl. The molecule has 1 fully saturated rings. The first-order valence-corrected chi connectivity index (χ1v) is 10.2. The molecule has 3 nitrogen and oxygen atoms in total. The number of ether oxygens (including phenoxy) is 1. The Hall–Kier alpha value is -1.46. The Balaban J connectivity index is 0.00000300. The van der Waals surface area contributed by atoms with Gasteiger partial charge in [-0.2, -0.15) is 0 Å². The number of hydrogen-bond acceptors (Lipinski definition) is 3. The Morgan fingerprint density at radius 3 is 2.34 bits per heavy atom. The molecule has 0 amide bonds. The van der Waals surface area contributed by atoms with E-state index in [0.717, 1.165) is 43.7 Å². The van der Waals surface area contributed by atoms with Crippen molar-refractivity contribution in [2.45, 2.75) is 50.2 Å². The Morgan fingerprint density at radius 1 is 1.14 bits per heavy atom. The van der Waals surface area contributed by atoms with Crippen molar-refractivity contribution in [3.8, 4) is 0 Å². The molecule has 0 aromatic heterocycles. The van der Waals surface area contributed by atoms with E-state index in [1.54, 1.807) is 19.2 Å². The van der Waals surface area contributed by atoms with Gasteiger partial charge in [-0.25, -0.2) is 4.39 Å². The average molecular weight is 440 g/mol. The Bertz CT molecular complexity index is 772. The molecular formula is C23H28Cl2FNO2. The number of rotatable bonds is 8. The quantitative estimate of drug-likeness (QED) is 0.408. The van der Waals surface area contributed by atoms with Gasteiger partial charge >= 0.3 is 0 Å². The number of nitrogens with one attached hydrogen (secondary N) is 1. The number of halogens is 3. The van der Waals surface area contributed by atoms with E-state index in [1.165, 1.54) is 17.7 Å². The maximum atomic E-state index is 12.9. The predicted octanol–water partition coefficient (Wildman–Crippen LogP) is 5.94. The lowest BCUT2D eigenvalue weighted by Crippen LogP contribution is -2.41. The molecule has 0 aliphatic heterocycles. The van der Waals surface area contributed by atoms with Crippen LogP contribution < -0.4 is 5.32 Å². The van der Waals surface area contributed by atoms with Crippen LogP contribution in [0.5, 0.6) is 0 Å². The van der Waals surface area contributed by atoms with Crippen LogP contribution in [-0.2, 0) is 10.3 Å². The molecule has 0 heterocycles. The Kier molecular flexibility index (Phi) is 9.09. The third-order valence-electron chi connectivity index (χ3n) is 5.73. The zero-order chi connectivity index (χ0) is 20.0. The van der Waals surface area contributed by atoms with Gasteiger partial charge in [0.05, 0.1) is 5.60 Å². The number of Topliss-reactive ketones (excluding diaryl/α,β-unsaturated/α-hetero) is 1. The fraction of sp³-hybridized carbons (Fsp3) is 0.435. The first-order valence-electron chi connectivity index (χ1n) is 9.86. The highest BCUT2D eigenvalue weighted by atomic mass is 35.5. The smallest absolute Gasteiger partial charge is 0.162 e. The van der Waals surface area contributed by atoms with Crippen LogP contribution in [-0.4, -0.2) is 25.5 Å². The summed E-state index contributed by atoms with van der Waals surface area (Å²) in [5, 5.41) is 4.31. The van der Waals surface area contributed by atoms with Crippen molar-refractivity contribution in [2.24, 2.45) is 0 Å². The van der Waals surface area contributed by atoms with Crippen molar-refractivity contribution in [1.29, 1.82) is 0 Å². The second-order valence-corrected chi connectivity index (χ2v) is 7.90. The molecule has 29 heavy (non-hydrogen) atoms. The van der Waals surface area contributed by atoms with E-state index in [1.807, 2.05) is 12.1 Å². The maximum absolute atomic E-state index is 12.9. The van der Waals surface area contributed by atoms with E-state index >= 15 is 0 Å². The normalized spacial score (nSPS) is 21.4. The minimum atomic E-state index is -0.318. The summed E-state index contributed by atoms with van der Waals surface area (Å²) in [7, 11) is 1.78. The van der Waals surface area contributed by atoms with Gasteiger partial charge in [0.2, 0.25) is 0 Å². The monoisotopic (exact) mass is 439 g/mol. The Morgan fingerprint density at radius 2 is 1.76 bits per heavy atom. The van der Waals surface area contributed by atoms with Gasteiger partial charge in [0, 0.05) is 30.2 Å². The van der Waals surface area contributed by atoms with Crippen molar-refractivity contribution in [1.82, 2.24) is 5.32 Å². The minimum absolute atomic E-state index is 0. The lowest BCUT2D eigenvalue weighted by atomic mass is 9.77. The third kappa shape index (κ3) is 6.26. The predicted molar refractivity (Wildman–Crippen MR) is 118 cm³/mol. The third-order valence-corrected chi connectivity index (χ3v) is 5.99. The van der Waals surface area contributed by atoms with Crippen LogP contribution in [0.15, 0.2) is 48.5 Å². The van der Waals surface area contributed by atoms with Crippen molar-refractivity contribution in [3.63, 3.8) is 0 Å². The average Bonchev–Trinajstić information content (AvgIpc) is 2.72. The van der Waals surface area contributed by atoms with Gasteiger partial charge in [0.15, 0.2) is 5.78 Å². The fourth-order valence-electron chi connectivity index (χ4n) is 3.99. The van der Waals surface area contributed by atoms with Crippen molar-refractivity contribution >= 4 is 29.8 Å². The van der Waals surface area contributed by atoms with Gasteiger partial charge in [0.1, 0.15) is 5.82 Å². The van der Waals surface area contributed by atoms with Crippen molar-refractivity contribution < 1.29 is 13.9 Å². The van der Waals surface area contributed by atoms with Crippen LogP contribution >= 0.6 is 24.0 Å². The summed E-state index contributed by atoms with van der Waals surface area (Å²) >= 11 is 6.01. The first kappa shape index (κ1) is 23.8. The van der Waals surface area contributed by atoms with Gasteiger partial charge in [-0.3, -0.25) is 4.79 Å². The highest BCUT2D eigenvalue weighted by Crippen LogP contribution is 2.40. The van der Waals surface area contributed by atoms with Gasteiger partial charge in [-0.05, 0) is 80.6 Å². The molecule has 6 heteroatoms. The zero-order valence-electron chi connectivity index (χ0n) is 16.6. The highest BCUT2D eigenvalue weighted by molar-refractivity contribution is 6.30. The number of benzene rings is 2. The van der Waals surface area contributed by atoms with E-state index in [4.69, 9.17) is 16.3 Å². The number of carbonyl (C=O) groups excluding carboxylic acids is 1. The second kappa shape index (κ2) is 11.1. The molecule has 1 aliphatic rings. The summed E-state index contributed by atoms with van der Waals surface area (Å²) in [4.78, 5) is 12.1. The van der Waals surface area contributed by atoms with Crippen LogP contribution in [0.3, 0.4) is 0 Å². The van der Waals surface area contributed by atoms with Crippen LogP contribution in [0.1, 0.15) is 54.4 Å². The summed E-state index contributed by atoms with van der Waals surface area (Å²) < 4.78 is 18.9. The number of methoxy groups -OCH3 is 1. The summed E-state index contributed by atoms with van der Waals surface area (Å²) in [6.07, 6.45) is 5.22. The van der Waals surface area contributed by atoms with Crippen LogP contribution in [0.25, 0.3) is 0 Å². The largest absolute Gasteiger partial charge is 0.374 e. The van der Waals surface area contributed by atoms with Crippen LogP contribution in [0.2, 0.25) is 5.02 Å². The number of carbonyl (C=O) groups is 1. The molecule has 2 aromatic rings. The molecule has 0 spiro atoms. The van der Waals surface area contributed by atoms with Crippen molar-refractivity contribution in [2.75, 3.05) is 13.7 Å². The van der Waals surface area contributed by atoms with Gasteiger partial charge < -0.3 is 10.1 Å². The number of ketones is 1. The summed E-state index contributed by atoms with van der Waals surface area (Å²) in [6.45, 7) is 0.804. The minimum Gasteiger partial charge on any atom is -0.374 e. The molecular weight excluding hydrogens is 412 g/mol. The Labute approximate surface area is 183 Å². The lowest BCUT2D eigenvalue weighted by Gasteiger charge is -2.40. The molecule has 0 atom stereocenters. The van der Waals surface area contributed by atoms with Gasteiger partial charge in [-0.1, -0.05) is 23.7 Å². The summed E-state index contributed by atoms with van der Waals surface area (Å²) in [5.41, 5.74) is 1.52. The molecule has 0 saturated heterocycles.